The lowest BCUT2D eigenvalue weighted by Gasteiger charge is -2.32. The van der Waals surface area contributed by atoms with E-state index in [1.54, 1.807) is 7.11 Å². The summed E-state index contributed by atoms with van der Waals surface area (Å²) in [6, 6.07) is 0.701. The summed E-state index contributed by atoms with van der Waals surface area (Å²) >= 11 is 0. The number of guanidine groups is 1. The Bertz CT molecular complexity index is 288. The largest absolute Gasteiger partial charge is 0.382 e. The van der Waals surface area contributed by atoms with Crippen LogP contribution >= 0.6 is 0 Å². The number of aliphatic imine (C=N–C) groups is 1. The lowest BCUT2D eigenvalue weighted by molar-refractivity contribution is 0.184. The molecule has 5 nitrogen and oxygen atoms in total. The fourth-order valence-corrected chi connectivity index (χ4v) is 2.76. The van der Waals surface area contributed by atoms with Crippen molar-refractivity contribution in [2.45, 2.75) is 65.0 Å². The summed E-state index contributed by atoms with van der Waals surface area (Å²) < 4.78 is 5.16. The van der Waals surface area contributed by atoms with Gasteiger partial charge in [-0.15, -0.1) is 0 Å². The van der Waals surface area contributed by atoms with Crippen LogP contribution in [0.1, 0.15) is 52.9 Å². The Balaban J connectivity index is 2.75. The first-order valence-electron chi connectivity index (χ1n) is 7.88. The normalized spacial score (nSPS) is 18.6. The molecule has 3 N–H and O–H groups in total. The minimum absolute atomic E-state index is 0.119. The van der Waals surface area contributed by atoms with Gasteiger partial charge in [-0.3, -0.25) is 5.43 Å². The standard InChI is InChI=1S/C15H32N4O/c1-12(2)9-10-19(14-7-5-6-8-14)15(18-16)17-13(3)11-20-4/h12-14H,5-11,16H2,1-4H3,(H,17,18). The van der Waals surface area contributed by atoms with Gasteiger partial charge in [0.15, 0.2) is 0 Å². The number of hydrogen-bond donors (Lipinski definition) is 2. The first-order valence-corrected chi connectivity index (χ1v) is 7.88. The summed E-state index contributed by atoms with van der Waals surface area (Å²) in [7, 11) is 1.70. The van der Waals surface area contributed by atoms with Gasteiger partial charge in [0.25, 0.3) is 0 Å². The quantitative estimate of drug-likeness (QED) is 0.325. The molecule has 1 fully saturated rings. The Hall–Kier alpha value is -0.810. The van der Waals surface area contributed by atoms with Crippen LogP contribution in [0.2, 0.25) is 0 Å². The van der Waals surface area contributed by atoms with Crippen molar-refractivity contribution >= 4 is 5.96 Å². The average Bonchev–Trinajstić information content (AvgIpc) is 2.91. The molecule has 5 heteroatoms. The first kappa shape index (κ1) is 17.2. The molecule has 0 aromatic carbocycles. The van der Waals surface area contributed by atoms with E-state index >= 15 is 0 Å². The Morgan fingerprint density at radius 2 is 2.00 bits per heavy atom. The lowest BCUT2D eigenvalue weighted by atomic mass is 10.1. The Morgan fingerprint density at radius 3 is 2.50 bits per heavy atom. The molecule has 0 saturated heterocycles. The number of methoxy groups -OCH3 is 1. The minimum atomic E-state index is 0.119. The molecule has 1 aliphatic carbocycles. The van der Waals surface area contributed by atoms with E-state index in [0.717, 1.165) is 18.9 Å². The van der Waals surface area contributed by atoms with Crippen LogP contribution < -0.4 is 11.3 Å². The van der Waals surface area contributed by atoms with Gasteiger partial charge in [-0.2, -0.15) is 0 Å². The molecule has 1 rings (SSSR count). The topological polar surface area (TPSA) is 62.9 Å². The summed E-state index contributed by atoms with van der Waals surface area (Å²) in [6.45, 7) is 8.20. The van der Waals surface area contributed by atoms with Crippen LogP contribution in [0.15, 0.2) is 4.99 Å². The molecule has 118 valence electrons. The van der Waals surface area contributed by atoms with Crippen LogP contribution in [0.4, 0.5) is 0 Å². The van der Waals surface area contributed by atoms with Crippen molar-refractivity contribution in [3.8, 4) is 0 Å². The third-order valence-electron chi connectivity index (χ3n) is 3.86. The molecule has 0 bridgehead atoms. The fraction of sp³-hybridized carbons (Fsp3) is 0.933. The van der Waals surface area contributed by atoms with E-state index < -0.39 is 0 Å². The molecule has 0 heterocycles. The molecular formula is C15H32N4O. The van der Waals surface area contributed by atoms with Gasteiger partial charge in [-0.1, -0.05) is 26.7 Å². The van der Waals surface area contributed by atoms with E-state index in [0.29, 0.717) is 18.6 Å². The van der Waals surface area contributed by atoms with Gasteiger partial charge in [0.05, 0.1) is 12.6 Å². The highest BCUT2D eigenvalue weighted by atomic mass is 16.5. The highest BCUT2D eigenvalue weighted by molar-refractivity contribution is 5.80. The second-order valence-electron chi connectivity index (χ2n) is 6.22. The number of rotatable bonds is 7. The van der Waals surface area contributed by atoms with Crippen LogP contribution in [-0.2, 0) is 4.74 Å². The second-order valence-corrected chi connectivity index (χ2v) is 6.22. The maximum atomic E-state index is 5.73. The lowest BCUT2D eigenvalue weighted by Crippen LogP contribution is -2.50. The van der Waals surface area contributed by atoms with E-state index in [9.17, 15) is 0 Å². The van der Waals surface area contributed by atoms with Crippen molar-refractivity contribution in [2.24, 2.45) is 16.8 Å². The Labute approximate surface area is 123 Å². The van der Waals surface area contributed by atoms with Crippen LogP contribution in [0.5, 0.6) is 0 Å². The first-order chi connectivity index (χ1) is 9.58. The number of nitrogens with two attached hydrogens (primary N) is 1. The number of hydrazine groups is 1. The van der Waals surface area contributed by atoms with Gasteiger partial charge in [-0.05, 0) is 32.1 Å². The predicted molar refractivity (Wildman–Crippen MR) is 84.5 cm³/mol. The SMILES string of the molecule is COCC(C)N=C(NN)N(CCC(C)C)C1CCCC1. The molecule has 0 spiro atoms. The monoisotopic (exact) mass is 284 g/mol. The third kappa shape index (κ3) is 5.67. The van der Waals surface area contributed by atoms with Gasteiger partial charge in [0.1, 0.15) is 0 Å². The highest BCUT2D eigenvalue weighted by Gasteiger charge is 2.25. The number of nitrogens with zero attached hydrogens (tertiary/aromatic N) is 2. The molecule has 0 radical (unpaired) electrons. The molecule has 1 aliphatic rings. The molecule has 1 unspecified atom stereocenters. The van der Waals surface area contributed by atoms with Crippen molar-refractivity contribution < 1.29 is 4.74 Å². The summed E-state index contributed by atoms with van der Waals surface area (Å²) in [4.78, 5) is 7.06. The molecular weight excluding hydrogens is 252 g/mol. The highest BCUT2D eigenvalue weighted by Crippen LogP contribution is 2.24. The smallest absolute Gasteiger partial charge is 0.208 e. The summed E-state index contributed by atoms with van der Waals surface area (Å²) in [5.74, 6) is 7.24. The minimum Gasteiger partial charge on any atom is -0.382 e. The van der Waals surface area contributed by atoms with Crippen molar-refractivity contribution in [1.82, 2.24) is 10.3 Å². The van der Waals surface area contributed by atoms with Crippen LogP contribution in [0.3, 0.4) is 0 Å². The van der Waals surface area contributed by atoms with E-state index in [4.69, 9.17) is 10.6 Å². The van der Waals surface area contributed by atoms with Gasteiger partial charge in [-0.25, -0.2) is 10.8 Å². The van der Waals surface area contributed by atoms with Crippen molar-refractivity contribution in [1.29, 1.82) is 0 Å². The maximum absolute atomic E-state index is 5.73. The number of hydrogen-bond acceptors (Lipinski definition) is 3. The Kier molecular flexibility index (Phi) is 7.92. The zero-order valence-corrected chi connectivity index (χ0v) is 13.6. The summed E-state index contributed by atoms with van der Waals surface area (Å²) in [5, 5.41) is 0. The zero-order valence-electron chi connectivity index (χ0n) is 13.6. The molecule has 0 aromatic heterocycles. The summed E-state index contributed by atoms with van der Waals surface area (Å²) in [6.07, 6.45) is 6.29. The predicted octanol–water partition coefficient (Wildman–Crippen LogP) is 2.13. The third-order valence-corrected chi connectivity index (χ3v) is 3.86. The number of ether oxygens (including phenoxy) is 1. The zero-order chi connectivity index (χ0) is 15.0. The molecule has 0 aromatic rings. The van der Waals surface area contributed by atoms with Crippen LogP contribution in [0.25, 0.3) is 0 Å². The van der Waals surface area contributed by atoms with Gasteiger partial charge < -0.3 is 9.64 Å². The molecule has 1 saturated carbocycles. The number of nitrogens with one attached hydrogen (secondary N) is 1. The molecule has 20 heavy (non-hydrogen) atoms. The van der Waals surface area contributed by atoms with Crippen LogP contribution in [-0.4, -0.2) is 43.2 Å². The van der Waals surface area contributed by atoms with E-state index in [-0.39, 0.29) is 6.04 Å². The van der Waals surface area contributed by atoms with E-state index in [1.807, 2.05) is 0 Å². The van der Waals surface area contributed by atoms with Gasteiger partial charge in [0, 0.05) is 19.7 Å². The van der Waals surface area contributed by atoms with Gasteiger partial charge >= 0.3 is 0 Å². The van der Waals surface area contributed by atoms with Crippen molar-refractivity contribution in [2.75, 3.05) is 20.3 Å². The van der Waals surface area contributed by atoms with Crippen molar-refractivity contribution in [3.05, 3.63) is 0 Å². The maximum Gasteiger partial charge on any atom is 0.208 e. The van der Waals surface area contributed by atoms with E-state index in [2.05, 4.69) is 36.1 Å². The molecule has 0 amide bonds. The second kappa shape index (κ2) is 9.19. The Morgan fingerprint density at radius 1 is 1.35 bits per heavy atom. The van der Waals surface area contributed by atoms with Gasteiger partial charge in [0.2, 0.25) is 5.96 Å². The fourth-order valence-electron chi connectivity index (χ4n) is 2.76. The molecule has 1 atom stereocenters. The van der Waals surface area contributed by atoms with E-state index in [1.165, 1.54) is 25.7 Å². The van der Waals surface area contributed by atoms with Crippen molar-refractivity contribution in [3.63, 3.8) is 0 Å². The average molecular weight is 284 g/mol. The summed E-state index contributed by atoms with van der Waals surface area (Å²) in [5.41, 5.74) is 2.81. The van der Waals surface area contributed by atoms with Crippen LogP contribution in [0, 0.1) is 5.92 Å². The molecule has 0 aliphatic heterocycles.